The zero-order valence-corrected chi connectivity index (χ0v) is 14.2. The van der Waals surface area contributed by atoms with Crippen LogP contribution in [0.2, 0.25) is 0 Å². The second kappa shape index (κ2) is 7.25. The number of hydrogen-bond acceptors (Lipinski definition) is 4. The van der Waals surface area contributed by atoms with Gasteiger partial charge < -0.3 is 19.7 Å². The number of benzene rings is 2. The Hall–Kier alpha value is -3.02. The maximum absolute atomic E-state index is 12.5. The topological polar surface area (TPSA) is 67.9 Å². The molecular weight excluding hydrogens is 320 g/mol. The van der Waals surface area contributed by atoms with Gasteiger partial charge in [-0.3, -0.25) is 9.59 Å². The van der Waals surface area contributed by atoms with Crippen molar-refractivity contribution in [2.45, 2.75) is 6.42 Å². The van der Waals surface area contributed by atoms with E-state index in [0.29, 0.717) is 18.0 Å². The van der Waals surface area contributed by atoms with Crippen LogP contribution in [0.4, 0.5) is 11.4 Å². The van der Waals surface area contributed by atoms with E-state index in [1.807, 2.05) is 18.2 Å². The lowest BCUT2D eigenvalue weighted by Gasteiger charge is -2.17. The number of nitrogens with one attached hydrogen (secondary N) is 1. The van der Waals surface area contributed by atoms with Crippen molar-refractivity contribution in [2.24, 2.45) is 5.92 Å². The summed E-state index contributed by atoms with van der Waals surface area (Å²) in [6, 6.07) is 14.4. The molecule has 0 radical (unpaired) electrons. The van der Waals surface area contributed by atoms with E-state index >= 15 is 0 Å². The number of rotatable bonds is 5. The molecule has 2 aromatic carbocycles. The summed E-state index contributed by atoms with van der Waals surface area (Å²) in [6.07, 6.45) is 0.194. The van der Waals surface area contributed by atoms with Crippen molar-refractivity contribution < 1.29 is 19.1 Å². The predicted octanol–water partition coefficient (Wildman–Crippen LogP) is 2.70. The molecular formula is C19H20N2O4. The first-order valence-electron chi connectivity index (χ1n) is 8.00. The van der Waals surface area contributed by atoms with Gasteiger partial charge in [0.25, 0.3) is 0 Å². The van der Waals surface area contributed by atoms with Crippen LogP contribution in [0.3, 0.4) is 0 Å². The average molecular weight is 340 g/mol. The highest BCUT2D eigenvalue weighted by atomic mass is 16.5. The Labute approximate surface area is 146 Å². The maximum atomic E-state index is 12.5. The van der Waals surface area contributed by atoms with Gasteiger partial charge in [0.15, 0.2) is 0 Å². The Kier molecular flexibility index (Phi) is 4.88. The summed E-state index contributed by atoms with van der Waals surface area (Å²) in [4.78, 5) is 26.4. The van der Waals surface area contributed by atoms with Crippen molar-refractivity contribution >= 4 is 23.2 Å². The summed E-state index contributed by atoms with van der Waals surface area (Å²) < 4.78 is 10.3. The number of anilines is 2. The summed E-state index contributed by atoms with van der Waals surface area (Å²) in [5.74, 6) is 0.780. The quantitative estimate of drug-likeness (QED) is 0.909. The van der Waals surface area contributed by atoms with Crippen molar-refractivity contribution in [3.05, 3.63) is 48.5 Å². The molecule has 0 spiro atoms. The Morgan fingerprint density at radius 3 is 2.48 bits per heavy atom. The van der Waals surface area contributed by atoms with Gasteiger partial charge in [0, 0.05) is 30.4 Å². The highest BCUT2D eigenvalue weighted by Gasteiger charge is 2.35. The van der Waals surface area contributed by atoms with Crippen LogP contribution in [0.5, 0.6) is 11.5 Å². The first-order valence-corrected chi connectivity index (χ1v) is 8.00. The van der Waals surface area contributed by atoms with Crippen molar-refractivity contribution in [1.82, 2.24) is 0 Å². The Morgan fingerprint density at radius 1 is 1.08 bits per heavy atom. The minimum Gasteiger partial charge on any atom is -0.497 e. The van der Waals surface area contributed by atoms with E-state index < -0.39 is 0 Å². The second-order valence-corrected chi connectivity index (χ2v) is 5.82. The molecule has 2 aromatic rings. The van der Waals surface area contributed by atoms with Crippen LogP contribution in [0.15, 0.2) is 48.5 Å². The van der Waals surface area contributed by atoms with Gasteiger partial charge in [0.05, 0.1) is 20.1 Å². The molecule has 1 N–H and O–H groups in total. The monoisotopic (exact) mass is 340 g/mol. The third-order valence-corrected chi connectivity index (χ3v) is 4.22. The van der Waals surface area contributed by atoms with E-state index in [1.54, 1.807) is 49.5 Å². The van der Waals surface area contributed by atoms with Crippen LogP contribution in [-0.2, 0) is 9.59 Å². The summed E-state index contributed by atoms with van der Waals surface area (Å²) in [5, 5.41) is 2.85. The molecule has 3 rings (SSSR count). The Morgan fingerprint density at radius 2 is 1.80 bits per heavy atom. The van der Waals surface area contributed by atoms with Gasteiger partial charge in [-0.2, -0.15) is 0 Å². The molecule has 0 saturated carbocycles. The molecule has 0 bridgehead atoms. The number of ether oxygens (including phenoxy) is 2. The normalized spacial score (nSPS) is 16.6. The van der Waals surface area contributed by atoms with Crippen molar-refractivity contribution in [2.75, 3.05) is 31.0 Å². The van der Waals surface area contributed by atoms with Gasteiger partial charge in [0.1, 0.15) is 11.5 Å². The Balaban J connectivity index is 1.67. The number of amides is 2. The molecule has 25 heavy (non-hydrogen) atoms. The van der Waals surface area contributed by atoms with Gasteiger partial charge in [-0.05, 0) is 36.4 Å². The third-order valence-electron chi connectivity index (χ3n) is 4.22. The first kappa shape index (κ1) is 16.8. The molecule has 1 heterocycles. The zero-order valence-electron chi connectivity index (χ0n) is 14.2. The summed E-state index contributed by atoms with van der Waals surface area (Å²) in [7, 11) is 3.17. The van der Waals surface area contributed by atoms with E-state index in [-0.39, 0.29) is 24.2 Å². The smallest absolute Gasteiger partial charge is 0.229 e. The molecule has 0 aliphatic carbocycles. The van der Waals surface area contributed by atoms with Gasteiger partial charge in [-0.1, -0.05) is 6.07 Å². The number of carbonyl (C=O) groups is 2. The minimum atomic E-state index is -0.388. The van der Waals surface area contributed by atoms with E-state index in [9.17, 15) is 9.59 Å². The lowest BCUT2D eigenvalue weighted by Crippen LogP contribution is -2.28. The highest BCUT2D eigenvalue weighted by molar-refractivity contribution is 6.03. The van der Waals surface area contributed by atoms with Crippen LogP contribution < -0.4 is 19.7 Å². The fourth-order valence-corrected chi connectivity index (χ4v) is 2.83. The van der Waals surface area contributed by atoms with Crippen molar-refractivity contribution in [3.63, 3.8) is 0 Å². The maximum Gasteiger partial charge on any atom is 0.229 e. The molecule has 1 fully saturated rings. The van der Waals surface area contributed by atoms with E-state index in [0.717, 1.165) is 11.4 Å². The van der Waals surface area contributed by atoms with Crippen LogP contribution in [-0.4, -0.2) is 32.6 Å². The fraction of sp³-hybridized carbons (Fsp3) is 0.263. The summed E-state index contributed by atoms with van der Waals surface area (Å²) in [5.41, 5.74) is 1.42. The predicted molar refractivity (Wildman–Crippen MR) is 95.1 cm³/mol. The van der Waals surface area contributed by atoms with Crippen LogP contribution >= 0.6 is 0 Å². The van der Waals surface area contributed by atoms with Crippen LogP contribution in [0.25, 0.3) is 0 Å². The Bertz CT molecular complexity index is 773. The van der Waals surface area contributed by atoms with E-state index in [2.05, 4.69) is 5.32 Å². The lowest BCUT2D eigenvalue weighted by molar-refractivity contribution is -0.122. The number of hydrogen-bond donors (Lipinski definition) is 1. The molecule has 1 aliphatic heterocycles. The second-order valence-electron chi connectivity index (χ2n) is 5.82. The standard InChI is InChI=1S/C19H20N2O4/c1-24-16-8-6-14(7-9-16)20-19(23)13-10-18(22)21(12-13)15-4-3-5-17(11-15)25-2/h3-9,11,13H,10,12H2,1-2H3,(H,20,23)/t13-/m0/s1. The van der Waals surface area contributed by atoms with Crippen LogP contribution in [0, 0.1) is 5.92 Å². The van der Waals surface area contributed by atoms with Gasteiger partial charge in [-0.15, -0.1) is 0 Å². The van der Waals surface area contributed by atoms with Gasteiger partial charge in [0.2, 0.25) is 11.8 Å². The third kappa shape index (κ3) is 3.74. The average Bonchev–Trinajstić information content (AvgIpc) is 3.04. The van der Waals surface area contributed by atoms with E-state index in [1.165, 1.54) is 0 Å². The number of nitrogens with zero attached hydrogens (tertiary/aromatic N) is 1. The zero-order chi connectivity index (χ0) is 17.8. The molecule has 1 saturated heterocycles. The molecule has 2 amide bonds. The van der Waals surface area contributed by atoms with E-state index in [4.69, 9.17) is 9.47 Å². The highest BCUT2D eigenvalue weighted by Crippen LogP contribution is 2.28. The number of carbonyl (C=O) groups excluding carboxylic acids is 2. The molecule has 6 nitrogen and oxygen atoms in total. The molecule has 130 valence electrons. The largest absolute Gasteiger partial charge is 0.497 e. The molecule has 6 heteroatoms. The van der Waals surface area contributed by atoms with Gasteiger partial charge >= 0.3 is 0 Å². The SMILES string of the molecule is COc1ccc(NC(=O)[C@H]2CC(=O)N(c3cccc(OC)c3)C2)cc1. The minimum absolute atomic E-state index is 0.0665. The van der Waals surface area contributed by atoms with Crippen molar-refractivity contribution in [3.8, 4) is 11.5 Å². The summed E-state index contributed by atoms with van der Waals surface area (Å²) >= 11 is 0. The van der Waals surface area contributed by atoms with Crippen molar-refractivity contribution in [1.29, 1.82) is 0 Å². The summed E-state index contributed by atoms with van der Waals surface area (Å²) in [6.45, 7) is 0.355. The fourth-order valence-electron chi connectivity index (χ4n) is 2.83. The van der Waals surface area contributed by atoms with Gasteiger partial charge in [-0.25, -0.2) is 0 Å². The molecule has 0 unspecified atom stereocenters. The number of methoxy groups -OCH3 is 2. The van der Waals surface area contributed by atoms with Crippen LogP contribution in [0.1, 0.15) is 6.42 Å². The molecule has 0 aromatic heterocycles. The molecule has 1 atom stereocenters. The lowest BCUT2D eigenvalue weighted by atomic mass is 10.1. The first-order chi connectivity index (χ1) is 12.1. The molecule has 1 aliphatic rings.